The molecule has 0 aromatic heterocycles. The first kappa shape index (κ1) is 16.2. The molecule has 0 fully saturated rings. The lowest BCUT2D eigenvalue weighted by Gasteiger charge is -2.19. The van der Waals surface area contributed by atoms with Gasteiger partial charge in [-0.05, 0) is 19.5 Å². The molecule has 2 N–H and O–H groups in total. The van der Waals surface area contributed by atoms with Crippen LogP contribution in [0.4, 0.5) is 0 Å². The summed E-state index contributed by atoms with van der Waals surface area (Å²) < 4.78 is 0. The summed E-state index contributed by atoms with van der Waals surface area (Å²) in [6.45, 7) is 7.72. The molecule has 100 valence electrons. The first-order valence-corrected chi connectivity index (χ1v) is 7.04. The van der Waals surface area contributed by atoms with Gasteiger partial charge in [0.15, 0.2) is 0 Å². The van der Waals surface area contributed by atoms with Crippen LogP contribution in [-0.2, 0) is 9.59 Å². The van der Waals surface area contributed by atoms with Crippen molar-refractivity contribution in [3.63, 3.8) is 0 Å². The molecule has 1 amide bonds. The van der Waals surface area contributed by atoms with Crippen molar-refractivity contribution in [1.82, 2.24) is 10.2 Å². The third-order valence-electron chi connectivity index (χ3n) is 2.20. The first-order chi connectivity index (χ1) is 8.10. The molecule has 5 nitrogen and oxygen atoms in total. The van der Waals surface area contributed by atoms with Crippen LogP contribution in [0.3, 0.4) is 0 Å². The number of thioether (sulfide) groups is 1. The number of carboxylic acid groups (broad SMARTS) is 1. The third kappa shape index (κ3) is 10.1. The number of aliphatic carboxylic acids is 1. The van der Waals surface area contributed by atoms with Crippen molar-refractivity contribution in [2.75, 3.05) is 37.7 Å². The highest BCUT2D eigenvalue weighted by atomic mass is 32.2. The molecule has 0 aliphatic rings. The SMILES string of the molecule is CCCN(CC)CCNC(=O)CSCC(=O)O. The van der Waals surface area contributed by atoms with Gasteiger partial charge in [0, 0.05) is 13.1 Å². The Morgan fingerprint density at radius 3 is 2.47 bits per heavy atom. The van der Waals surface area contributed by atoms with E-state index in [0.717, 1.165) is 37.8 Å². The Labute approximate surface area is 107 Å². The van der Waals surface area contributed by atoms with E-state index in [1.54, 1.807) is 0 Å². The van der Waals surface area contributed by atoms with Crippen LogP contribution in [0.25, 0.3) is 0 Å². The van der Waals surface area contributed by atoms with E-state index >= 15 is 0 Å². The van der Waals surface area contributed by atoms with Gasteiger partial charge in [0.25, 0.3) is 0 Å². The molecule has 0 bridgehead atoms. The van der Waals surface area contributed by atoms with Gasteiger partial charge in [-0.1, -0.05) is 13.8 Å². The molecular weight excluding hydrogens is 240 g/mol. The Morgan fingerprint density at radius 2 is 1.94 bits per heavy atom. The second-order valence-electron chi connectivity index (χ2n) is 3.67. The number of hydrogen-bond acceptors (Lipinski definition) is 4. The summed E-state index contributed by atoms with van der Waals surface area (Å²) in [5.41, 5.74) is 0. The van der Waals surface area contributed by atoms with E-state index in [0.29, 0.717) is 6.54 Å². The molecule has 0 aliphatic carbocycles. The lowest BCUT2D eigenvalue weighted by atomic mass is 10.4. The molecule has 0 atom stereocenters. The predicted molar refractivity (Wildman–Crippen MR) is 70.4 cm³/mol. The molecule has 0 unspecified atom stereocenters. The highest BCUT2D eigenvalue weighted by Crippen LogP contribution is 1.98. The minimum Gasteiger partial charge on any atom is -0.481 e. The highest BCUT2D eigenvalue weighted by Gasteiger charge is 2.05. The molecule has 6 heteroatoms. The largest absolute Gasteiger partial charge is 0.481 e. The van der Waals surface area contributed by atoms with Gasteiger partial charge in [-0.15, -0.1) is 11.8 Å². The number of hydrogen-bond donors (Lipinski definition) is 2. The molecule has 0 aliphatic heterocycles. The van der Waals surface area contributed by atoms with Gasteiger partial charge < -0.3 is 15.3 Å². The average molecular weight is 262 g/mol. The number of amides is 1. The van der Waals surface area contributed by atoms with Crippen molar-refractivity contribution in [1.29, 1.82) is 0 Å². The minimum absolute atomic E-state index is 0.0235. The second-order valence-corrected chi connectivity index (χ2v) is 4.66. The zero-order valence-corrected chi connectivity index (χ0v) is 11.4. The van der Waals surface area contributed by atoms with E-state index in [4.69, 9.17) is 5.11 Å². The van der Waals surface area contributed by atoms with Gasteiger partial charge in [0.05, 0.1) is 11.5 Å². The molecule has 17 heavy (non-hydrogen) atoms. The van der Waals surface area contributed by atoms with Gasteiger partial charge in [-0.2, -0.15) is 0 Å². The van der Waals surface area contributed by atoms with E-state index in [2.05, 4.69) is 24.1 Å². The van der Waals surface area contributed by atoms with Crippen molar-refractivity contribution in [2.24, 2.45) is 0 Å². The fourth-order valence-corrected chi connectivity index (χ4v) is 1.94. The van der Waals surface area contributed by atoms with Crippen LogP contribution in [0.2, 0.25) is 0 Å². The zero-order valence-electron chi connectivity index (χ0n) is 10.6. The number of rotatable bonds is 10. The topological polar surface area (TPSA) is 69.6 Å². The summed E-state index contributed by atoms with van der Waals surface area (Å²) in [5, 5.41) is 11.2. The number of carbonyl (C=O) groups excluding carboxylic acids is 1. The molecule has 0 radical (unpaired) electrons. The van der Waals surface area contributed by atoms with Crippen LogP contribution < -0.4 is 5.32 Å². The van der Waals surface area contributed by atoms with Gasteiger partial charge in [-0.25, -0.2) is 0 Å². The van der Waals surface area contributed by atoms with Crippen molar-refractivity contribution in [3.05, 3.63) is 0 Å². The molecule has 0 aromatic carbocycles. The molecule has 0 heterocycles. The van der Waals surface area contributed by atoms with Crippen LogP contribution in [0.5, 0.6) is 0 Å². The number of carbonyl (C=O) groups is 2. The maximum Gasteiger partial charge on any atom is 0.313 e. The summed E-state index contributed by atoms with van der Waals surface area (Å²) in [6, 6.07) is 0. The Bertz CT molecular complexity index is 237. The molecule has 0 spiro atoms. The monoisotopic (exact) mass is 262 g/mol. The average Bonchev–Trinajstić information content (AvgIpc) is 2.27. The standard InChI is InChI=1S/C11H22N2O3S/c1-3-6-13(4-2)7-5-12-10(14)8-17-9-11(15)16/h3-9H2,1-2H3,(H,12,14)(H,15,16). The van der Waals surface area contributed by atoms with Crippen molar-refractivity contribution >= 4 is 23.6 Å². The van der Waals surface area contributed by atoms with Gasteiger partial charge in [-0.3, -0.25) is 9.59 Å². The smallest absolute Gasteiger partial charge is 0.313 e. The summed E-state index contributed by atoms with van der Waals surface area (Å²) in [4.78, 5) is 23.8. The van der Waals surface area contributed by atoms with Gasteiger partial charge >= 0.3 is 5.97 Å². The highest BCUT2D eigenvalue weighted by molar-refractivity contribution is 8.00. The second kappa shape index (κ2) is 10.4. The quantitative estimate of drug-likeness (QED) is 0.605. The van der Waals surface area contributed by atoms with Crippen molar-refractivity contribution in [3.8, 4) is 0 Å². The fourth-order valence-electron chi connectivity index (χ4n) is 1.38. The number of nitrogens with one attached hydrogen (secondary N) is 1. The van der Waals surface area contributed by atoms with E-state index in [1.807, 2.05) is 0 Å². The first-order valence-electron chi connectivity index (χ1n) is 5.88. The van der Waals surface area contributed by atoms with Crippen LogP contribution in [0, 0.1) is 0 Å². The molecule has 0 aromatic rings. The predicted octanol–water partition coefficient (Wildman–Crippen LogP) is 0.652. The summed E-state index contributed by atoms with van der Waals surface area (Å²) in [7, 11) is 0. The van der Waals surface area contributed by atoms with E-state index in [1.165, 1.54) is 0 Å². The maximum atomic E-state index is 11.3. The van der Waals surface area contributed by atoms with Crippen LogP contribution >= 0.6 is 11.8 Å². The van der Waals surface area contributed by atoms with E-state index in [9.17, 15) is 9.59 Å². The van der Waals surface area contributed by atoms with Crippen molar-refractivity contribution < 1.29 is 14.7 Å². The summed E-state index contributed by atoms with van der Waals surface area (Å²) in [6.07, 6.45) is 1.11. The minimum atomic E-state index is -0.886. The summed E-state index contributed by atoms with van der Waals surface area (Å²) >= 11 is 1.12. The lowest BCUT2D eigenvalue weighted by Crippen LogP contribution is -2.36. The zero-order chi connectivity index (χ0) is 13.1. The fraction of sp³-hybridized carbons (Fsp3) is 0.818. The summed E-state index contributed by atoms with van der Waals surface area (Å²) in [5.74, 6) is -0.789. The molecule has 0 saturated heterocycles. The van der Waals surface area contributed by atoms with Crippen molar-refractivity contribution in [2.45, 2.75) is 20.3 Å². The Kier molecular flexibility index (Phi) is 9.95. The molecular formula is C11H22N2O3S. The molecule has 0 rings (SSSR count). The van der Waals surface area contributed by atoms with E-state index in [-0.39, 0.29) is 17.4 Å². The normalized spacial score (nSPS) is 10.5. The van der Waals surface area contributed by atoms with Gasteiger partial charge in [0.2, 0.25) is 5.91 Å². The Hall–Kier alpha value is -0.750. The number of likely N-dealkylation sites (N-methyl/N-ethyl adjacent to an activating group) is 1. The number of carboxylic acids is 1. The maximum absolute atomic E-state index is 11.3. The van der Waals surface area contributed by atoms with Gasteiger partial charge in [0.1, 0.15) is 0 Å². The Balaban J connectivity index is 3.52. The van der Waals surface area contributed by atoms with Crippen LogP contribution in [0.1, 0.15) is 20.3 Å². The van der Waals surface area contributed by atoms with Crippen LogP contribution in [0.15, 0.2) is 0 Å². The third-order valence-corrected chi connectivity index (χ3v) is 3.11. The van der Waals surface area contributed by atoms with E-state index < -0.39 is 5.97 Å². The molecule has 0 saturated carbocycles. The lowest BCUT2D eigenvalue weighted by molar-refractivity contribution is -0.133. The number of nitrogens with zero attached hydrogens (tertiary/aromatic N) is 1. The van der Waals surface area contributed by atoms with Crippen LogP contribution in [-0.4, -0.2) is 59.6 Å². The Morgan fingerprint density at radius 1 is 1.24 bits per heavy atom.